The molecule has 1 aromatic heterocycles. The van der Waals surface area contributed by atoms with Crippen LogP contribution in [0.25, 0.3) is 0 Å². The van der Waals surface area contributed by atoms with Gasteiger partial charge in [-0.2, -0.15) is 0 Å². The van der Waals surface area contributed by atoms with E-state index in [-0.39, 0.29) is 0 Å². The van der Waals surface area contributed by atoms with Gasteiger partial charge in [0.2, 0.25) is 0 Å². The third kappa shape index (κ3) is 2.30. The third-order valence-corrected chi connectivity index (χ3v) is 3.48. The van der Waals surface area contributed by atoms with Crippen molar-refractivity contribution < 1.29 is 0 Å². The summed E-state index contributed by atoms with van der Waals surface area (Å²) in [6, 6.07) is 2.00. The van der Waals surface area contributed by atoms with E-state index in [1.165, 1.54) is 6.42 Å². The van der Waals surface area contributed by atoms with E-state index in [9.17, 15) is 0 Å². The van der Waals surface area contributed by atoms with Gasteiger partial charge in [-0.15, -0.1) is 0 Å². The first kappa shape index (κ1) is 11.7. The second kappa shape index (κ2) is 4.22. The molecule has 1 aromatic rings. The molecule has 2 N–H and O–H groups in total. The lowest BCUT2D eigenvalue weighted by atomic mass is 9.93. The zero-order valence-corrected chi connectivity index (χ0v) is 10.6. The highest BCUT2D eigenvalue weighted by Crippen LogP contribution is 2.32. The zero-order chi connectivity index (χ0) is 11.8. The number of hydrogen-bond donors (Lipinski definition) is 1. The van der Waals surface area contributed by atoms with Gasteiger partial charge < -0.3 is 10.6 Å². The fourth-order valence-electron chi connectivity index (χ4n) is 2.11. The average Bonchev–Trinajstić information content (AvgIpc) is 2.59. The van der Waals surface area contributed by atoms with E-state index in [4.69, 9.17) is 17.3 Å². The smallest absolute Gasteiger partial charge is 0.128 e. The van der Waals surface area contributed by atoms with Crippen molar-refractivity contribution in [2.24, 2.45) is 11.1 Å². The van der Waals surface area contributed by atoms with Crippen LogP contribution in [-0.2, 0) is 6.54 Å². The van der Waals surface area contributed by atoms with E-state index in [2.05, 4.69) is 23.7 Å². The number of halogens is 1. The fourth-order valence-corrected chi connectivity index (χ4v) is 2.29. The molecule has 0 spiro atoms. The predicted octanol–water partition coefficient (Wildman–Crippen LogP) is 2.43. The van der Waals surface area contributed by atoms with Crippen LogP contribution >= 0.6 is 11.6 Å². The Morgan fingerprint density at radius 1 is 1.56 bits per heavy atom. The van der Waals surface area contributed by atoms with E-state index in [0.717, 1.165) is 24.5 Å². The minimum atomic E-state index is 0.379. The quantitative estimate of drug-likeness (QED) is 0.862. The van der Waals surface area contributed by atoms with Crippen molar-refractivity contribution in [2.45, 2.75) is 26.8 Å². The molecular weight excluding hydrogens is 222 g/mol. The highest BCUT2D eigenvalue weighted by molar-refractivity contribution is 6.31. The highest BCUT2D eigenvalue weighted by Gasteiger charge is 2.29. The van der Waals surface area contributed by atoms with Crippen LogP contribution < -0.4 is 10.6 Å². The lowest BCUT2D eigenvalue weighted by molar-refractivity contribution is 0.418. The van der Waals surface area contributed by atoms with Crippen molar-refractivity contribution in [1.82, 2.24) is 4.98 Å². The lowest BCUT2D eigenvalue weighted by Gasteiger charge is -2.21. The molecule has 88 valence electrons. The SMILES string of the molecule is CC1(C)CCN(c2cc(CN)c(Cl)cn2)C1. The van der Waals surface area contributed by atoms with Crippen LogP contribution in [0.15, 0.2) is 12.3 Å². The maximum Gasteiger partial charge on any atom is 0.128 e. The Balaban J connectivity index is 2.22. The van der Waals surface area contributed by atoms with Crippen molar-refractivity contribution in [3.05, 3.63) is 22.8 Å². The summed E-state index contributed by atoms with van der Waals surface area (Å²) in [5.41, 5.74) is 6.99. The maximum atomic E-state index is 6.00. The molecular formula is C12H18ClN3. The molecule has 2 heterocycles. The molecule has 1 fully saturated rings. The normalized spacial score (nSPS) is 19.1. The van der Waals surface area contributed by atoms with E-state index >= 15 is 0 Å². The Kier molecular flexibility index (Phi) is 3.08. The summed E-state index contributed by atoms with van der Waals surface area (Å²) < 4.78 is 0. The number of rotatable bonds is 2. The van der Waals surface area contributed by atoms with Gasteiger partial charge in [-0.1, -0.05) is 25.4 Å². The Hall–Kier alpha value is -0.800. The summed E-state index contributed by atoms with van der Waals surface area (Å²) in [7, 11) is 0. The van der Waals surface area contributed by atoms with Gasteiger partial charge in [-0.05, 0) is 23.5 Å². The number of nitrogens with two attached hydrogens (primary N) is 1. The molecule has 0 amide bonds. The molecule has 4 heteroatoms. The molecule has 3 nitrogen and oxygen atoms in total. The number of aromatic nitrogens is 1. The molecule has 0 atom stereocenters. The van der Waals surface area contributed by atoms with Gasteiger partial charge in [0.05, 0.1) is 5.02 Å². The molecule has 16 heavy (non-hydrogen) atoms. The average molecular weight is 240 g/mol. The summed E-state index contributed by atoms with van der Waals surface area (Å²) in [4.78, 5) is 6.67. The first-order valence-electron chi connectivity index (χ1n) is 5.61. The van der Waals surface area contributed by atoms with Crippen molar-refractivity contribution in [3.63, 3.8) is 0 Å². The zero-order valence-electron chi connectivity index (χ0n) is 9.83. The molecule has 2 rings (SSSR count). The summed E-state index contributed by atoms with van der Waals surface area (Å²) in [5.74, 6) is 0.996. The summed E-state index contributed by atoms with van der Waals surface area (Å²) >= 11 is 6.00. The van der Waals surface area contributed by atoms with E-state index in [1.54, 1.807) is 6.20 Å². The van der Waals surface area contributed by atoms with Crippen LogP contribution in [0.3, 0.4) is 0 Å². The van der Waals surface area contributed by atoms with Gasteiger partial charge in [0, 0.05) is 25.8 Å². The monoisotopic (exact) mass is 239 g/mol. The molecule has 0 radical (unpaired) electrons. The molecule has 0 unspecified atom stereocenters. The topological polar surface area (TPSA) is 42.1 Å². The van der Waals surface area contributed by atoms with Gasteiger partial charge >= 0.3 is 0 Å². The second-order valence-electron chi connectivity index (χ2n) is 5.17. The van der Waals surface area contributed by atoms with Crippen LogP contribution in [0.2, 0.25) is 5.02 Å². The summed E-state index contributed by atoms with van der Waals surface area (Å²) in [5, 5.41) is 0.657. The van der Waals surface area contributed by atoms with Crippen molar-refractivity contribution >= 4 is 17.4 Å². The molecule has 0 aliphatic carbocycles. The van der Waals surface area contributed by atoms with Crippen LogP contribution in [0.5, 0.6) is 0 Å². The Morgan fingerprint density at radius 2 is 2.31 bits per heavy atom. The van der Waals surface area contributed by atoms with Gasteiger partial charge in [0.15, 0.2) is 0 Å². The number of hydrogen-bond acceptors (Lipinski definition) is 3. The fraction of sp³-hybridized carbons (Fsp3) is 0.583. The lowest BCUT2D eigenvalue weighted by Crippen LogP contribution is -2.23. The van der Waals surface area contributed by atoms with E-state index in [0.29, 0.717) is 17.0 Å². The minimum absolute atomic E-state index is 0.379. The van der Waals surface area contributed by atoms with E-state index in [1.807, 2.05) is 6.07 Å². The highest BCUT2D eigenvalue weighted by atomic mass is 35.5. The van der Waals surface area contributed by atoms with Crippen LogP contribution in [0.4, 0.5) is 5.82 Å². The number of pyridine rings is 1. The minimum Gasteiger partial charge on any atom is -0.356 e. The molecule has 1 aliphatic heterocycles. The van der Waals surface area contributed by atoms with Crippen LogP contribution in [0, 0.1) is 5.41 Å². The Labute approximate surface area is 102 Å². The second-order valence-corrected chi connectivity index (χ2v) is 5.58. The van der Waals surface area contributed by atoms with Gasteiger partial charge in [-0.25, -0.2) is 4.98 Å². The van der Waals surface area contributed by atoms with E-state index < -0.39 is 0 Å². The van der Waals surface area contributed by atoms with Gasteiger partial charge in [-0.3, -0.25) is 0 Å². The van der Waals surface area contributed by atoms with Crippen molar-refractivity contribution in [1.29, 1.82) is 0 Å². The molecule has 0 saturated carbocycles. The standard InChI is InChI=1S/C12H18ClN3/c1-12(2)3-4-16(8-12)11-5-9(6-14)10(13)7-15-11/h5,7H,3-4,6,8,14H2,1-2H3. The maximum absolute atomic E-state index is 6.00. The summed E-state index contributed by atoms with van der Waals surface area (Å²) in [6.45, 7) is 7.14. The van der Waals surface area contributed by atoms with Crippen molar-refractivity contribution in [2.75, 3.05) is 18.0 Å². The van der Waals surface area contributed by atoms with Crippen LogP contribution in [-0.4, -0.2) is 18.1 Å². The Bertz CT molecular complexity index is 390. The largest absolute Gasteiger partial charge is 0.356 e. The third-order valence-electron chi connectivity index (χ3n) is 3.14. The first-order chi connectivity index (χ1) is 7.52. The van der Waals surface area contributed by atoms with Crippen LogP contribution in [0.1, 0.15) is 25.8 Å². The molecule has 1 saturated heterocycles. The molecule has 1 aliphatic rings. The van der Waals surface area contributed by atoms with Crippen molar-refractivity contribution in [3.8, 4) is 0 Å². The number of nitrogens with zero attached hydrogens (tertiary/aromatic N) is 2. The summed E-state index contributed by atoms with van der Waals surface area (Å²) in [6.07, 6.45) is 2.90. The first-order valence-corrected chi connectivity index (χ1v) is 5.99. The predicted molar refractivity (Wildman–Crippen MR) is 67.7 cm³/mol. The Morgan fingerprint density at radius 3 is 2.88 bits per heavy atom. The van der Waals surface area contributed by atoms with Gasteiger partial charge in [0.25, 0.3) is 0 Å². The number of anilines is 1. The molecule has 0 aromatic carbocycles. The molecule has 0 bridgehead atoms. The van der Waals surface area contributed by atoms with Gasteiger partial charge in [0.1, 0.15) is 5.82 Å².